The first kappa shape index (κ1) is 26.0. The number of ether oxygens (including phenoxy) is 2. The highest BCUT2D eigenvalue weighted by Gasteiger charge is 2.26. The number of nitrogens with one attached hydrogen (secondary N) is 1. The fraction of sp³-hybridized carbons (Fsp3) is 0.310. The number of fused-ring (bicyclic) bond motifs is 1. The molecule has 1 aliphatic heterocycles. The van der Waals surface area contributed by atoms with Crippen LogP contribution in [0.4, 0.5) is 10.2 Å². The number of hydrogen-bond acceptors (Lipinski definition) is 5. The van der Waals surface area contributed by atoms with Gasteiger partial charge in [0.25, 0.3) is 5.91 Å². The number of carbonyl (C=O) groups excluding carboxylic acids is 1. The molecule has 0 aliphatic carbocycles. The number of halogens is 1. The van der Waals surface area contributed by atoms with Crippen molar-refractivity contribution in [1.82, 2.24) is 14.9 Å². The molecule has 3 heterocycles. The summed E-state index contributed by atoms with van der Waals surface area (Å²) in [5.74, 6) is 1.60. The number of H-pyrrole nitrogens is 1. The second-order valence-corrected chi connectivity index (χ2v) is 8.78. The lowest BCUT2D eigenvalue weighted by Gasteiger charge is -2.35. The third-order valence-corrected chi connectivity index (χ3v) is 6.21. The van der Waals surface area contributed by atoms with Gasteiger partial charge < -0.3 is 24.3 Å². The molecule has 0 spiro atoms. The minimum absolute atomic E-state index is 0.158. The number of para-hydroxylation sites is 1. The number of carbonyl (C=O) groups is 1. The Labute approximate surface area is 216 Å². The molecule has 0 unspecified atom stereocenters. The van der Waals surface area contributed by atoms with Gasteiger partial charge in [0.2, 0.25) is 0 Å². The minimum atomic E-state index is -0.403. The average molecular weight is 505 g/mol. The molecule has 1 N–H and O–H groups in total. The molecule has 0 bridgehead atoms. The van der Waals surface area contributed by atoms with Crippen molar-refractivity contribution in [1.29, 1.82) is 0 Å². The van der Waals surface area contributed by atoms with E-state index in [1.165, 1.54) is 12.5 Å². The lowest BCUT2D eigenvalue weighted by molar-refractivity contribution is 0.0741. The molecular formula is C29H33FN4O3. The van der Waals surface area contributed by atoms with Crippen molar-refractivity contribution >= 4 is 22.6 Å². The van der Waals surface area contributed by atoms with E-state index in [-0.39, 0.29) is 5.91 Å². The highest BCUT2D eigenvalue weighted by atomic mass is 19.1. The molecular weight excluding hydrogens is 471 g/mol. The van der Waals surface area contributed by atoms with Gasteiger partial charge in [-0.25, -0.2) is 9.37 Å². The fourth-order valence-electron chi connectivity index (χ4n) is 4.47. The third kappa shape index (κ3) is 5.38. The summed E-state index contributed by atoms with van der Waals surface area (Å²) in [5.41, 5.74) is 2.31. The van der Waals surface area contributed by atoms with Crippen molar-refractivity contribution in [3.05, 3.63) is 72.3 Å². The molecule has 0 radical (unpaired) electrons. The Morgan fingerprint density at radius 3 is 2.32 bits per heavy atom. The first-order valence-corrected chi connectivity index (χ1v) is 12.5. The van der Waals surface area contributed by atoms with Gasteiger partial charge in [0.05, 0.1) is 19.7 Å². The molecule has 37 heavy (non-hydrogen) atoms. The van der Waals surface area contributed by atoms with Gasteiger partial charge in [0.15, 0.2) is 11.6 Å². The number of pyridine rings is 1. The van der Waals surface area contributed by atoms with Crippen LogP contribution in [0.3, 0.4) is 0 Å². The summed E-state index contributed by atoms with van der Waals surface area (Å²) >= 11 is 0. The summed E-state index contributed by atoms with van der Waals surface area (Å²) in [4.78, 5) is 24.6. The van der Waals surface area contributed by atoms with E-state index in [4.69, 9.17) is 9.47 Å². The zero-order valence-corrected chi connectivity index (χ0v) is 21.8. The van der Waals surface area contributed by atoms with Crippen LogP contribution >= 0.6 is 0 Å². The predicted molar refractivity (Wildman–Crippen MR) is 145 cm³/mol. The van der Waals surface area contributed by atoms with Crippen molar-refractivity contribution in [3.8, 4) is 22.6 Å². The van der Waals surface area contributed by atoms with E-state index >= 15 is 0 Å². The largest absolute Gasteiger partial charge is 0.496 e. The molecule has 1 fully saturated rings. The SMILES string of the molecule is CCC.COc1ccccc1-c1ccc(F)c2[nH]c(C(=O)N3CCN(c4ncccc4OC)CC3)cc12. The molecule has 1 saturated heterocycles. The Morgan fingerprint density at radius 1 is 0.946 bits per heavy atom. The van der Waals surface area contributed by atoms with Crippen LogP contribution in [0.25, 0.3) is 22.0 Å². The van der Waals surface area contributed by atoms with Gasteiger partial charge in [-0.05, 0) is 35.9 Å². The molecule has 1 aliphatic rings. The summed E-state index contributed by atoms with van der Waals surface area (Å²) in [7, 11) is 3.22. The predicted octanol–water partition coefficient (Wildman–Crippen LogP) is 5.76. The highest BCUT2D eigenvalue weighted by molar-refractivity contribution is 6.03. The van der Waals surface area contributed by atoms with Crippen LogP contribution in [-0.4, -0.2) is 61.2 Å². The smallest absolute Gasteiger partial charge is 0.270 e. The lowest BCUT2D eigenvalue weighted by Crippen LogP contribution is -2.49. The van der Waals surface area contributed by atoms with Gasteiger partial charge in [-0.15, -0.1) is 0 Å². The zero-order valence-electron chi connectivity index (χ0n) is 21.8. The normalized spacial score (nSPS) is 13.2. The quantitative estimate of drug-likeness (QED) is 0.374. The second kappa shape index (κ2) is 11.8. The first-order chi connectivity index (χ1) is 18.0. The summed E-state index contributed by atoms with van der Waals surface area (Å²) in [6.45, 7) is 6.55. The van der Waals surface area contributed by atoms with Gasteiger partial charge in [-0.2, -0.15) is 0 Å². The van der Waals surface area contributed by atoms with Gasteiger partial charge in [-0.3, -0.25) is 4.79 Å². The van der Waals surface area contributed by atoms with Crippen molar-refractivity contribution < 1.29 is 18.7 Å². The van der Waals surface area contributed by atoms with Gasteiger partial charge in [0.1, 0.15) is 17.3 Å². The highest BCUT2D eigenvalue weighted by Crippen LogP contribution is 2.36. The Bertz CT molecular complexity index is 1360. The molecule has 0 atom stereocenters. The zero-order chi connectivity index (χ0) is 26.4. The van der Waals surface area contributed by atoms with Crippen molar-refractivity contribution in [2.75, 3.05) is 45.3 Å². The maximum Gasteiger partial charge on any atom is 0.270 e. The van der Waals surface area contributed by atoms with Crippen LogP contribution in [0.5, 0.6) is 11.5 Å². The number of nitrogens with zero attached hydrogens (tertiary/aromatic N) is 3. The van der Waals surface area contributed by atoms with E-state index in [1.54, 1.807) is 37.4 Å². The molecule has 0 saturated carbocycles. The van der Waals surface area contributed by atoms with Crippen molar-refractivity contribution in [3.63, 3.8) is 0 Å². The number of aromatic nitrogens is 2. The number of hydrogen-bond donors (Lipinski definition) is 1. The number of piperazine rings is 1. The number of aromatic amines is 1. The van der Waals surface area contributed by atoms with Gasteiger partial charge in [0, 0.05) is 43.3 Å². The number of amides is 1. The number of benzene rings is 2. The van der Waals surface area contributed by atoms with Gasteiger partial charge >= 0.3 is 0 Å². The van der Waals surface area contributed by atoms with Crippen LogP contribution in [0.2, 0.25) is 0 Å². The summed E-state index contributed by atoms with van der Waals surface area (Å²) < 4.78 is 25.6. The number of methoxy groups -OCH3 is 2. The summed E-state index contributed by atoms with van der Waals surface area (Å²) in [5, 5.41) is 0.643. The van der Waals surface area contributed by atoms with E-state index in [0.29, 0.717) is 54.3 Å². The standard InChI is InChI=1S/C26H25FN4O3.C3H8/c1-33-22-7-4-3-6-18(22)17-9-10-20(27)24-19(17)16-21(29-24)26(32)31-14-12-30(13-15-31)25-23(34-2)8-5-11-28-25;1-3-2/h3-11,16,29H,12-15H2,1-2H3;3H2,1-2H3. The molecule has 8 heteroatoms. The van der Waals surface area contributed by atoms with Crippen LogP contribution in [-0.2, 0) is 0 Å². The molecule has 4 aromatic rings. The maximum atomic E-state index is 14.7. The molecule has 194 valence electrons. The number of anilines is 1. The van der Waals surface area contributed by atoms with Crippen LogP contribution in [0.15, 0.2) is 60.8 Å². The molecule has 2 aromatic carbocycles. The van der Waals surface area contributed by atoms with E-state index in [2.05, 4.69) is 28.7 Å². The van der Waals surface area contributed by atoms with E-state index in [0.717, 1.165) is 16.9 Å². The third-order valence-electron chi connectivity index (χ3n) is 6.21. The van der Waals surface area contributed by atoms with E-state index in [9.17, 15) is 9.18 Å². The van der Waals surface area contributed by atoms with E-state index < -0.39 is 5.82 Å². The van der Waals surface area contributed by atoms with Crippen molar-refractivity contribution in [2.24, 2.45) is 0 Å². The summed E-state index contributed by atoms with van der Waals surface area (Å²) in [6.07, 6.45) is 2.98. The molecule has 5 rings (SSSR count). The number of rotatable bonds is 5. The lowest BCUT2D eigenvalue weighted by atomic mass is 10.0. The first-order valence-electron chi connectivity index (χ1n) is 12.5. The Kier molecular flexibility index (Phi) is 8.28. The molecule has 7 nitrogen and oxygen atoms in total. The maximum absolute atomic E-state index is 14.7. The second-order valence-electron chi connectivity index (χ2n) is 8.78. The van der Waals surface area contributed by atoms with Crippen LogP contribution < -0.4 is 14.4 Å². The molecule has 1 amide bonds. The average Bonchev–Trinajstić information content (AvgIpc) is 3.40. The van der Waals surface area contributed by atoms with E-state index in [1.807, 2.05) is 36.4 Å². The fourth-order valence-corrected chi connectivity index (χ4v) is 4.47. The van der Waals surface area contributed by atoms with Crippen LogP contribution in [0, 0.1) is 5.82 Å². The topological polar surface area (TPSA) is 70.7 Å². The monoisotopic (exact) mass is 504 g/mol. The molecule has 2 aromatic heterocycles. The van der Waals surface area contributed by atoms with Crippen LogP contribution in [0.1, 0.15) is 30.8 Å². The van der Waals surface area contributed by atoms with Crippen molar-refractivity contribution in [2.45, 2.75) is 20.3 Å². The Hall–Kier alpha value is -4.07. The van der Waals surface area contributed by atoms with Gasteiger partial charge in [-0.1, -0.05) is 44.5 Å². The summed E-state index contributed by atoms with van der Waals surface area (Å²) in [6, 6.07) is 16.1. The minimum Gasteiger partial charge on any atom is -0.496 e. The Balaban J connectivity index is 0.00000102. The Morgan fingerprint density at radius 2 is 1.62 bits per heavy atom.